The molecule has 1 atom stereocenters. The second-order valence-electron chi connectivity index (χ2n) is 4.42. The van der Waals surface area contributed by atoms with Crippen LogP contribution in [-0.2, 0) is 0 Å². The lowest BCUT2D eigenvalue weighted by Crippen LogP contribution is -2.00. The monoisotopic (exact) mass is 267 g/mol. The number of phenolic OH excluding ortho intramolecular Hbond substituents is 1. The van der Waals surface area contributed by atoms with E-state index in [1.54, 1.807) is 16.8 Å². The molecule has 1 aromatic heterocycles. The SMILES string of the molecule is C=CC(O)c1ccc(O)c(-n2nnc3ccccc32)c1. The Labute approximate surface area is 115 Å². The number of aromatic nitrogens is 3. The van der Waals surface area contributed by atoms with E-state index >= 15 is 0 Å². The molecule has 0 aliphatic heterocycles. The third kappa shape index (κ3) is 1.94. The predicted molar refractivity (Wildman–Crippen MR) is 75.7 cm³/mol. The number of fused-ring (bicyclic) bond motifs is 1. The van der Waals surface area contributed by atoms with Gasteiger partial charge in [-0.1, -0.05) is 29.5 Å². The zero-order valence-electron chi connectivity index (χ0n) is 10.6. The van der Waals surface area contributed by atoms with Crippen LogP contribution in [0.3, 0.4) is 0 Å². The Kier molecular flexibility index (Phi) is 2.96. The van der Waals surface area contributed by atoms with Gasteiger partial charge in [0, 0.05) is 0 Å². The fraction of sp³-hybridized carbons (Fsp3) is 0.0667. The molecule has 0 saturated heterocycles. The maximum absolute atomic E-state index is 10.0. The van der Waals surface area contributed by atoms with Gasteiger partial charge in [-0.3, -0.25) is 0 Å². The number of phenols is 1. The summed E-state index contributed by atoms with van der Waals surface area (Å²) in [6.45, 7) is 3.55. The van der Waals surface area contributed by atoms with Crippen molar-refractivity contribution in [1.29, 1.82) is 0 Å². The summed E-state index contributed by atoms with van der Waals surface area (Å²) in [6.07, 6.45) is 0.638. The second-order valence-corrected chi connectivity index (χ2v) is 4.42. The first-order valence-electron chi connectivity index (χ1n) is 6.15. The van der Waals surface area contributed by atoms with E-state index < -0.39 is 6.10 Å². The Morgan fingerprint density at radius 1 is 1.20 bits per heavy atom. The van der Waals surface area contributed by atoms with Gasteiger partial charge in [-0.25, -0.2) is 4.68 Å². The Balaban J connectivity index is 2.20. The highest BCUT2D eigenvalue weighted by atomic mass is 16.3. The normalized spacial score (nSPS) is 12.4. The lowest BCUT2D eigenvalue weighted by molar-refractivity contribution is 0.229. The summed E-state index contributed by atoms with van der Waals surface area (Å²) in [6, 6.07) is 12.3. The number of aliphatic hydroxyl groups is 1. The molecule has 0 spiro atoms. The maximum atomic E-state index is 10.0. The largest absolute Gasteiger partial charge is 0.506 e. The summed E-state index contributed by atoms with van der Waals surface area (Å²) < 4.78 is 1.55. The highest BCUT2D eigenvalue weighted by molar-refractivity contribution is 5.76. The van der Waals surface area contributed by atoms with Gasteiger partial charge in [0.2, 0.25) is 0 Å². The molecule has 100 valence electrons. The third-order valence-corrected chi connectivity index (χ3v) is 3.14. The highest BCUT2D eigenvalue weighted by Crippen LogP contribution is 2.27. The van der Waals surface area contributed by atoms with Crippen LogP contribution in [0.15, 0.2) is 55.1 Å². The molecule has 0 aliphatic carbocycles. The smallest absolute Gasteiger partial charge is 0.141 e. The zero-order chi connectivity index (χ0) is 14.1. The van der Waals surface area contributed by atoms with Gasteiger partial charge in [-0.2, -0.15) is 0 Å². The molecule has 3 aromatic rings. The molecule has 2 N–H and O–H groups in total. The first kappa shape index (κ1) is 12.4. The predicted octanol–water partition coefficient (Wildman–Crippen LogP) is 2.35. The number of para-hydroxylation sites is 1. The zero-order valence-corrected chi connectivity index (χ0v) is 10.6. The lowest BCUT2D eigenvalue weighted by Gasteiger charge is -2.10. The molecule has 0 bridgehead atoms. The summed E-state index contributed by atoms with van der Waals surface area (Å²) >= 11 is 0. The van der Waals surface area contributed by atoms with E-state index in [0.717, 1.165) is 11.0 Å². The van der Waals surface area contributed by atoms with E-state index in [0.29, 0.717) is 11.3 Å². The minimum atomic E-state index is -0.788. The molecule has 2 aromatic carbocycles. The molecule has 5 heteroatoms. The topological polar surface area (TPSA) is 71.2 Å². The van der Waals surface area contributed by atoms with E-state index in [2.05, 4.69) is 16.9 Å². The minimum absolute atomic E-state index is 0.0701. The molecule has 1 heterocycles. The lowest BCUT2D eigenvalue weighted by atomic mass is 10.1. The summed E-state index contributed by atoms with van der Waals surface area (Å²) in [7, 11) is 0. The third-order valence-electron chi connectivity index (χ3n) is 3.14. The summed E-state index contributed by atoms with van der Waals surface area (Å²) in [5, 5.41) is 27.9. The van der Waals surface area contributed by atoms with Crippen molar-refractivity contribution in [2.75, 3.05) is 0 Å². The molecule has 0 fully saturated rings. The molecule has 20 heavy (non-hydrogen) atoms. The highest BCUT2D eigenvalue weighted by Gasteiger charge is 2.12. The molecule has 0 amide bonds. The first-order chi connectivity index (χ1) is 9.70. The number of nitrogens with zero attached hydrogens (tertiary/aromatic N) is 3. The van der Waals surface area contributed by atoms with Crippen molar-refractivity contribution in [2.24, 2.45) is 0 Å². The van der Waals surface area contributed by atoms with E-state index in [-0.39, 0.29) is 5.75 Å². The van der Waals surface area contributed by atoms with Gasteiger partial charge in [0.05, 0.1) is 11.6 Å². The van der Waals surface area contributed by atoms with Gasteiger partial charge in [-0.15, -0.1) is 11.7 Å². The Hall–Kier alpha value is -2.66. The quantitative estimate of drug-likeness (QED) is 0.714. The Morgan fingerprint density at radius 3 is 2.80 bits per heavy atom. The summed E-state index contributed by atoms with van der Waals surface area (Å²) in [4.78, 5) is 0. The molecule has 0 radical (unpaired) electrons. The van der Waals surface area contributed by atoms with Crippen LogP contribution < -0.4 is 0 Å². The standard InChI is InChI=1S/C15H13N3O2/c1-2-14(19)10-7-8-15(20)13(9-10)18-12-6-4-3-5-11(12)16-17-18/h2-9,14,19-20H,1H2. The molecule has 0 aliphatic rings. The fourth-order valence-electron chi connectivity index (χ4n) is 2.08. The number of aliphatic hydroxyl groups excluding tert-OH is 1. The molecular formula is C15H13N3O2. The average molecular weight is 267 g/mol. The Morgan fingerprint density at radius 2 is 2.00 bits per heavy atom. The maximum Gasteiger partial charge on any atom is 0.141 e. The van der Waals surface area contributed by atoms with E-state index in [4.69, 9.17) is 0 Å². The number of aromatic hydroxyl groups is 1. The van der Waals surface area contributed by atoms with Crippen molar-refractivity contribution in [3.05, 3.63) is 60.7 Å². The van der Waals surface area contributed by atoms with Crippen molar-refractivity contribution in [3.63, 3.8) is 0 Å². The van der Waals surface area contributed by atoms with Crippen LogP contribution in [-0.4, -0.2) is 25.2 Å². The van der Waals surface area contributed by atoms with Gasteiger partial charge in [0.25, 0.3) is 0 Å². The van der Waals surface area contributed by atoms with Gasteiger partial charge in [0.1, 0.15) is 17.0 Å². The van der Waals surface area contributed by atoms with Crippen LogP contribution in [0.4, 0.5) is 0 Å². The van der Waals surface area contributed by atoms with Crippen molar-refractivity contribution in [3.8, 4) is 11.4 Å². The summed E-state index contributed by atoms with van der Waals surface area (Å²) in [5.41, 5.74) is 2.62. The van der Waals surface area contributed by atoms with Gasteiger partial charge in [0.15, 0.2) is 0 Å². The van der Waals surface area contributed by atoms with Gasteiger partial charge >= 0.3 is 0 Å². The van der Waals surface area contributed by atoms with Crippen molar-refractivity contribution < 1.29 is 10.2 Å². The van der Waals surface area contributed by atoms with Crippen LogP contribution in [0.5, 0.6) is 5.75 Å². The van der Waals surface area contributed by atoms with Gasteiger partial charge in [-0.05, 0) is 29.8 Å². The molecule has 0 saturated carbocycles. The van der Waals surface area contributed by atoms with Crippen molar-refractivity contribution in [2.45, 2.75) is 6.10 Å². The summed E-state index contributed by atoms with van der Waals surface area (Å²) in [5.74, 6) is 0.0701. The fourth-order valence-corrected chi connectivity index (χ4v) is 2.08. The van der Waals surface area contributed by atoms with Crippen molar-refractivity contribution >= 4 is 11.0 Å². The van der Waals surface area contributed by atoms with Crippen LogP contribution >= 0.6 is 0 Å². The molecular weight excluding hydrogens is 254 g/mol. The van der Waals surface area contributed by atoms with Crippen LogP contribution in [0, 0.1) is 0 Å². The first-order valence-corrected chi connectivity index (χ1v) is 6.15. The average Bonchev–Trinajstić information content (AvgIpc) is 2.91. The van der Waals surface area contributed by atoms with Crippen LogP contribution in [0.2, 0.25) is 0 Å². The second kappa shape index (κ2) is 4.79. The number of hydrogen-bond donors (Lipinski definition) is 2. The van der Waals surface area contributed by atoms with Crippen molar-refractivity contribution in [1.82, 2.24) is 15.0 Å². The van der Waals surface area contributed by atoms with E-state index in [1.807, 2.05) is 24.3 Å². The minimum Gasteiger partial charge on any atom is -0.506 e. The van der Waals surface area contributed by atoms with E-state index in [9.17, 15) is 10.2 Å². The number of benzene rings is 2. The Bertz CT molecular complexity index is 780. The molecule has 5 nitrogen and oxygen atoms in total. The number of rotatable bonds is 3. The van der Waals surface area contributed by atoms with Crippen LogP contribution in [0.1, 0.15) is 11.7 Å². The molecule has 1 unspecified atom stereocenters. The molecule has 3 rings (SSSR count). The number of hydrogen-bond acceptors (Lipinski definition) is 4. The van der Waals surface area contributed by atoms with Crippen LogP contribution in [0.25, 0.3) is 16.7 Å². The van der Waals surface area contributed by atoms with Gasteiger partial charge < -0.3 is 10.2 Å². The van der Waals surface area contributed by atoms with E-state index in [1.165, 1.54) is 12.1 Å².